The zero-order valence-electron chi connectivity index (χ0n) is 34.3. The maximum Gasteiger partial charge on any atom is 0.123 e. The van der Waals surface area contributed by atoms with Crippen molar-refractivity contribution in [2.45, 2.75) is 158 Å². The van der Waals surface area contributed by atoms with E-state index in [1.807, 2.05) is 25.1 Å². The topological polar surface area (TPSA) is 60.7 Å². The van der Waals surface area contributed by atoms with Crippen LogP contribution in [0.5, 0.6) is 17.2 Å². The molecule has 3 nitrogen and oxygen atoms in total. The highest BCUT2D eigenvalue weighted by molar-refractivity contribution is 6.05. The molecule has 0 saturated carbocycles. The van der Waals surface area contributed by atoms with E-state index in [1.54, 1.807) is 0 Å². The molecule has 0 unspecified atom stereocenters. The van der Waals surface area contributed by atoms with Gasteiger partial charge in [0.15, 0.2) is 0 Å². The van der Waals surface area contributed by atoms with Crippen molar-refractivity contribution in [1.29, 1.82) is 0 Å². The Morgan fingerprint density at radius 3 is 1.84 bits per heavy atom. The third kappa shape index (κ3) is 10.8. The summed E-state index contributed by atoms with van der Waals surface area (Å²) in [5, 5.41) is 31.9. The molecule has 0 heterocycles. The van der Waals surface area contributed by atoms with Gasteiger partial charge in [0, 0.05) is 25.7 Å². The second kappa shape index (κ2) is 19.5. The molecule has 3 aliphatic rings. The van der Waals surface area contributed by atoms with Gasteiger partial charge in [-0.15, -0.1) is 0 Å². The number of aromatic hydroxyl groups is 3. The van der Waals surface area contributed by atoms with Gasteiger partial charge in [0.05, 0.1) is 7.85 Å². The number of unbranched alkanes of at least 4 members (excludes halogenated alkanes) is 4. The number of allylic oxidation sites excluding steroid dienone is 5. The average molecular weight is 672 g/mol. The van der Waals surface area contributed by atoms with Crippen LogP contribution in [0.4, 0.5) is 0 Å². The van der Waals surface area contributed by atoms with Crippen LogP contribution in [0.25, 0.3) is 0 Å². The third-order valence-corrected chi connectivity index (χ3v) is 11.1. The molecule has 0 amide bonds. The van der Waals surface area contributed by atoms with Crippen molar-refractivity contribution in [3.05, 3.63) is 87.5 Å². The zero-order chi connectivity index (χ0) is 38.3. The molecule has 0 bridgehead atoms. The predicted octanol–water partition coefficient (Wildman–Crippen LogP) is 12.8. The van der Waals surface area contributed by atoms with E-state index in [9.17, 15) is 15.3 Å². The van der Waals surface area contributed by atoms with Crippen molar-refractivity contribution >= 4 is 7.85 Å². The second-order valence-corrected chi connectivity index (χ2v) is 15.5. The van der Waals surface area contributed by atoms with Crippen LogP contribution >= 0.6 is 0 Å². The molecule has 3 aliphatic carbocycles. The Morgan fingerprint density at radius 1 is 0.857 bits per heavy atom. The Hall–Kier alpha value is -2.88. The van der Waals surface area contributed by atoms with Crippen LogP contribution < -0.4 is 0 Å². The van der Waals surface area contributed by atoms with Gasteiger partial charge in [-0.2, -0.15) is 0 Å². The van der Waals surface area contributed by atoms with Crippen molar-refractivity contribution in [1.82, 2.24) is 0 Å². The van der Waals surface area contributed by atoms with E-state index < -0.39 is 0 Å². The third-order valence-electron chi connectivity index (χ3n) is 11.1. The van der Waals surface area contributed by atoms with E-state index in [2.05, 4.69) is 74.2 Å². The zero-order valence-corrected chi connectivity index (χ0v) is 32.3. The second-order valence-electron chi connectivity index (χ2n) is 15.5. The Balaban J connectivity index is 0.000000314. The number of rotatable bonds is 10. The van der Waals surface area contributed by atoms with Crippen LogP contribution in [0, 0.1) is 17.3 Å². The van der Waals surface area contributed by atoms with Gasteiger partial charge in [-0.05, 0) is 131 Å². The van der Waals surface area contributed by atoms with E-state index >= 15 is 0 Å². The molecule has 2 aromatic carbocycles. The number of aryl methyl sites for hydroxylation is 2. The molecule has 0 fully saturated rings. The molecule has 0 aromatic heterocycles. The minimum absolute atomic E-state index is 0. The lowest BCUT2D eigenvalue weighted by Gasteiger charge is -2.47. The van der Waals surface area contributed by atoms with Gasteiger partial charge in [0.25, 0.3) is 0 Å². The summed E-state index contributed by atoms with van der Waals surface area (Å²) in [6.07, 6.45) is 19.5. The smallest absolute Gasteiger partial charge is 0.123 e. The molecule has 3 N–H and O–H groups in total. The first-order valence-corrected chi connectivity index (χ1v) is 18.7. The lowest BCUT2D eigenvalue weighted by Crippen LogP contribution is -2.37. The molecule has 2 aromatic rings. The summed E-state index contributed by atoms with van der Waals surface area (Å²) in [6, 6.07) is 8.10. The number of hydrogen-bond donors (Lipinski definition) is 3. The largest absolute Gasteiger partial charge is 0.508 e. The van der Waals surface area contributed by atoms with Crippen LogP contribution in [0.1, 0.15) is 162 Å². The summed E-state index contributed by atoms with van der Waals surface area (Å²) in [4.78, 5) is 0. The highest BCUT2D eigenvalue weighted by Gasteiger charge is 2.43. The molecular formula is C45H69BO3. The van der Waals surface area contributed by atoms with Crippen molar-refractivity contribution in [2.24, 2.45) is 17.3 Å². The molecule has 4 atom stereocenters. The molecule has 5 rings (SSSR count). The quantitative estimate of drug-likeness (QED) is 0.134. The van der Waals surface area contributed by atoms with Gasteiger partial charge < -0.3 is 15.3 Å². The summed E-state index contributed by atoms with van der Waals surface area (Å²) >= 11 is 0. The first kappa shape index (κ1) is 38.9. The van der Waals surface area contributed by atoms with Crippen LogP contribution in [-0.4, -0.2) is 23.2 Å². The fourth-order valence-corrected chi connectivity index (χ4v) is 8.52. The number of benzene rings is 2. The highest BCUT2D eigenvalue weighted by atomic mass is 16.3. The van der Waals surface area contributed by atoms with Gasteiger partial charge in [0.1, 0.15) is 17.2 Å². The fourth-order valence-electron chi connectivity index (χ4n) is 8.52. The lowest BCUT2D eigenvalue weighted by molar-refractivity contribution is 0.155. The van der Waals surface area contributed by atoms with E-state index in [1.165, 1.54) is 80.2 Å². The summed E-state index contributed by atoms with van der Waals surface area (Å²) in [7, 11) is 5.76. The van der Waals surface area contributed by atoms with Crippen LogP contribution in [-0.2, 0) is 19.3 Å². The molecule has 49 heavy (non-hydrogen) atoms. The van der Waals surface area contributed by atoms with E-state index in [0.29, 0.717) is 28.6 Å². The number of hydrogen-bond acceptors (Lipinski definition) is 3. The van der Waals surface area contributed by atoms with Crippen molar-refractivity contribution < 1.29 is 18.1 Å². The minimum atomic E-state index is 0. The summed E-state index contributed by atoms with van der Waals surface area (Å²) in [5.41, 5.74) is 9.87. The molecule has 4 heteroatoms. The highest BCUT2D eigenvalue weighted by Crippen LogP contribution is 2.54. The van der Waals surface area contributed by atoms with Crippen LogP contribution in [0.15, 0.2) is 59.7 Å². The predicted molar refractivity (Wildman–Crippen MR) is 213 cm³/mol. The Morgan fingerprint density at radius 2 is 1.33 bits per heavy atom. The minimum Gasteiger partial charge on any atom is -0.508 e. The maximum absolute atomic E-state index is 10.8. The molecule has 2 radical (unpaired) electrons. The normalized spacial score (nSPS) is 22.4. The average Bonchev–Trinajstić information content (AvgIpc) is 3.05. The fraction of sp³-hybridized carbons (Fsp3) is 0.600. The van der Waals surface area contributed by atoms with Crippen molar-refractivity contribution in [2.75, 3.05) is 0 Å². The first-order valence-electron chi connectivity index (χ1n) is 20.4. The van der Waals surface area contributed by atoms with E-state index in [0.717, 1.165) is 49.7 Å². The molecule has 0 saturated heterocycles. The monoisotopic (exact) mass is 672 g/mol. The maximum atomic E-state index is 10.8. The van der Waals surface area contributed by atoms with Gasteiger partial charge >= 0.3 is 0 Å². The molecule has 0 spiro atoms. The SMILES string of the molecule is C=C(C)[C@H]1CCC(C)=C[C@H]1c1c(O)cc(CCCCC)cc1O.CCCCCc1cc(O)c2c(c1)CC(C)(C)[C@H]1CCC(C)=C[C@H]21.[2H]C[B].[3H]C. The number of fused-ring (bicyclic) bond motifs is 3. The van der Waals surface area contributed by atoms with E-state index in [-0.39, 0.29) is 30.1 Å². The number of phenols is 3. The summed E-state index contributed by atoms with van der Waals surface area (Å²) in [5.74, 6) is 2.36. The van der Waals surface area contributed by atoms with Gasteiger partial charge in [-0.3, -0.25) is 0 Å². The van der Waals surface area contributed by atoms with Gasteiger partial charge in [-0.25, -0.2) is 0 Å². The summed E-state index contributed by atoms with van der Waals surface area (Å²) < 4.78 is 11.7. The Labute approximate surface area is 305 Å². The number of phenolic OH excluding ortho intramolecular Hbond substituents is 3. The Kier molecular flexibility index (Phi) is 15.5. The first-order chi connectivity index (χ1) is 24.3. The van der Waals surface area contributed by atoms with Crippen LogP contribution in [0.2, 0.25) is 6.80 Å². The summed E-state index contributed by atoms with van der Waals surface area (Å²) in [6.45, 7) is 19.8. The van der Waals surface area contributed by atoms with E-state index in [4.69, 9.17) is 2.74 Å². The molecule has 0 aliphatic heterocycles. The van der Waals surface area contributed by atoms with Crippen LogP contribution in [0.3, 0.4) is 0 Å². The van der Waals surface area contributed by atoms with Gasteiger partial charge in [0.2, 0.25) is 0 Å². The molecular weight excluding hydrogens is 599 g/mol. The standard InChI is InChI=1S/C22H32O.C21H30O2.CH3B.CH4/c1-5-6-7-8-16-12-17-14-22(3,4)19-10-9-15(2)11-18(19)21(17)20(23)13-16;1-5-6-7-8-16-12-19(22)21(20(23)13-16)18-11-15(4)9-10-17(18)14(2)3;1-2;/h11-13,18-19,23H,5-10,14H2,1-4H3;11-13,17-18,22-23H,2,5-10H2,1,3-4H3;1H3;1H4/t18-,19-;17-,18-;;/m01../s1/i;;1D;1T. The van der Waals surface area contributed by atoms with Crippen molar-refractivity contribution in [3.63, 3.8) is 0 Å². The molecule has 270 valence electrons. The van der Waals surface area contributed by atoms with Gasteiger partial charge in [-0.1, -0.05) is 109 Å². The van der Waals surface area contributed by atoms with Crippen molar-refractivity contribution in [3.8, 4) is 17.2 Å². The lowest BCUT2D eigenvalue weighted by atomic mass is 9.58. The Bertz CT molecular complexity index is 1440.